The van der Waals surface area contributed by atoms with Gasteiger partial charge in [-0.1, -0.05) is 11.6 Å². The van der Waals surface area contributed by atoms with Crippen molar-refractivity contribution in [3.63, 3.8) is 0 Å². The van der Waals surface area contributed by atoms with Crippen molar-refractivity contribution < 1.29 is 17.9 Å². The molecule has 1 aliphatic heterocycles. The number of hydrogen-bond acceptors (Lipinski definition) is 4. The highest BCUT2D eigenvalue weighted by atomic mass is 35.5. The van der Waals surface area contributed by atoms with Gasteiger partial charge in [-0.15, -0.1) is 0 Å². The van der Waals surface area contributed by atoms with E-state index in [2.05, 4.69) is 4.72 Å². The van der Waals surface area contributed by atoms with E-state index in [1.807, 2.05) is 0 Å². The summed E-state index contributed by atoms with van der Waals surface area (Å²) in [6.45, 7) is 0.601. The SMILES string of the molecule is COc1ccc(Cl)cc1NS(=O)(=O)c1ccc2c(c1)CCN2C(=O)C1CC1. The first-order chi connectivity index (χ1) is 12.9. The lowest BCUT2D eigenvalue weighted by atomic mass is 10.2. The molecule has 0 radical (unpaired) electrons. The molecular formula is C19H19ClN2O4S. The number of benzene rings is 2. The first-order valence-corrected chi connectivity index (χ1v) is 10.6. The molecule has 142 valence electrons. The topological polar surface area (TPSA) is 75.7 Å². The van der Waals surface area contributed by atoms with Gasteiger partial charge in [0.05, 0.1) is 17.7 Å². The van der Waals surface area contributed by atoms with Crippen LogP contribution >= 0.6 is 11.6 Å². The van der Waals surface area contributed by atoms with Gasteiger partial charge in [-0.3, -0.25) is 9.52 Å². The summed E-state index contributed by atoms with van der Waals surface area (Å²) in [5, 5.41) is 0.400. The second-order valence-electron chi connectivity index (χ2n) is 6.75. The number of fused-ring (bicyclic) bond motifs is 1. The Kier molecular flexibility index (Phi) is 4.52. The number of methoxy groups -OCH3 is 1. The van der Waals surface area contributed by atoms with Crippen LogP contribution < -0.4 is 14.4 Å². The number of carbonyl (C=O) groups is 1. The zero-order valence-corrected chi connectivity index (χ0v) is 16.3. The highest BCUT2D eigenvalue weighted by molar-refractivity contribution is 7.92. The molecule has 6 nitrogen and oxygen atoms in total. The van der Waals surface area contributed by atoms with E-state index in [1.54, 1.807) is 29.2 Å². The van der Waals surface area contributed by atoms with Gasteiger partial charge < -0.3 is 9.64 Å². The largest absolute Gasteiger partial charge is 0.495 e. The lowest BCUT2D eigenvalue weighted by molar-refractivity contribution is -0.119. The molecule has 1 amide bonds. The molecule has 1 N–H and O–H groups in total. The second-order valence-corrected chi connectivity index (χ2v) is 8.87. The molecule has 0 atom stereocenters. The third-order valence-corrected chi connectivity index (χ3v) is 6.45. The van der Waals surface area contributed by atoms with Gasteiger partial charge in [-0.05, 0) is 61.2 Å². The van der Waals surface area contributed by atoms with E-state index in [9.17, 15) is 13.2 Å². The Morgan fingerprint density at radius 1 is 1.22 bits per heavy atom. The number of halogens is 1. The van der Waals surface area contributed by atoms with E-state index in [-0.39, 0.29) is 22.4 Å². The summed E-state index contributed by atoms with van der Waals surface area (Å²) < 4.78 is 33.4. The average Bonchev–Trinajstić information content (AvgIpc) is 3.40. The Morgan fingerprint density at radius 2 is 2.00 bits per heavy atom. The summed E-state index contributed by atoms with van der Waals surface area (Å²) in [5.41, 5.74) is 1.95. The standard InChI is InChI=1S/C19H19ClN2O4S/c1-26-18-7-4-14(20)11-16(18)21-27(24,25)15-5-6-17-13(10-15)8-9-22(17)19(23)12-2-3-12/h4-7,10-12,21H,2-3,8-9H2,1H3. The number of ether oxygens (including phenoxy) is 1. The van der Waals surface area contributed by atoms with Crippen LogP contribution in [0, 0.1) is 5.92 Å². The van der Waals surface area contributed by atoms with Crippen LogP contribution in [-0.2, 0) is 21.2 Å². The minimum atomic E-state index is -3.82. The normalized spacial score (nSPS) is 16.1. The monoisotopic (exact) mass is 406 g/mol. The van der Waals surface area contributed by atoms with E-state index >= 15 is 0 Å². The number of rotatable bonds is 5. The van der Waals surface area contributed by atoms with Gasteiger partial charge in [-0.25, -0.2) is 8.42 Å². The zero-order chi connectivity index (χ0) is 19.2. The van der Waals surface area contributed by atoms with Crippen molar-refractivity contribution in [3.8, 4) is 5.75 Å². The van der Waals surface area contributed by atoms with Crippen LogP contribution in [0.1, 0.15) is 18.4 Å². The van der Waals surface area contributed by atoms with Crippen LogP contribution in [0.2, 0.25) is 5.02 Å². The molecule has 2 aromatic rings. The first-order valence-electron chi connectivity index (χ1n) is 8.70. The fourth-order valence-electron chi connectivity index (χ4n) is 3.29. The van der Waals surface area contributed by atoms with E-state index in [4.69, 9.17) is 16.3 Å². The summed E-state index contributed by atoms with van der Waals surface area (Å²) in [6, 6.07) is 9.60. The Bertz CT molecular complexity index is 1020. The number of hydrogen-bond donors (Lipinski definition) is 1. The van der Waals surface area contributed by atoms with E-state index in [0.717, 1.165) is 24.1 Å². The van der Waals surface area contributed by atoms with Crippen LogP contribution in [0.5, 0.6) is 5.75 Å². The third-order valence-electron chi connectivity index (χ3n) is 4.86. The Balaban J connectivity index is 1.62. The summed E-state index contributed by atoms with van der Waals surface area (Å²) in [7, 11) is -2.36. The number of amides is 1. The molecule has 0 saturated heterocycles. The smallest absolute Gasteiger partial charge is 0.262 e. The minimum Gasteiger partial charge on any atom is -0.495 e. The maximum atomic E-state index is 12.8. The van der Waals surface area contributed by atoms with Crippen molar-refractivity contribution in [2.24, 2.45) is 5.92 Å². The fraction of sp³-hybridized carbons (Fsp3) is 0.316. The Labute approximate surface area is 163 Å². The third kappa shape index (κ3) is 3.49. The quantitative estimate of drug-likeness (QED) is 0.825. The number of carbonyl (C=O) groups excluding carboxylic acids is 1. The number of sulfonamides is 1. The maximum Gasteiger partial charge on any atom is 0.262 e. The Morgan fingerprint density at radius 3 is 2.70 bits per heavy atom. The highest BCUT2D eigenvalue weighted by Crippen LogP contribution is 2.37. The van der Waals surface area contributed by atoms with Gasteiger partial charge in [-0.2, -0.15) is 0 Å². The van der Waals surface area contributed by atoms with Crippen LogP contribution in [-0.4, -0.2) is 28.0 Å². The number of nitrogens with one attached hydrogen (secondary N) is 1. The lowest BCUT2D eigenvalue weighted by Crippen LogP contribution is -2.30. The van der Waals surface area contributed by atoms with Gasteiger partial charge >= 0.3 is 0 Å². The molecule has 0 unspecified atom stereocenters. The summed E-state index contributed by atoms with van der Waals surface area (Å²) in [6.07, 6.45) is 2.54. The maximum absolute atomic E-state index is 12.8. The Hall–Kier alpha value is -2.25. The number of anilines is 2. The predicted octanol–water partition coefficient (Wildman–Crippen LogP) is 3.45. The van der Waals surface area contributed by atoms with Crippen LogP contribution in [0.25, 0.3) is 0 Å². The highest BCUT2D eigenvalue weighted by Gasteiger charge is 2.36. The molecule has 8 heteroatoms. The van der Waals surface area contributed by atoms with Gasteiger partial charge in [0, 0.05) is 23.2 Å². The molecule has 1 heterocycles. The van der Waals surface area contributed by atoms with E-state index in [0.29, 0.717) is 23.7 Å². The molecule has 0 spiro atoms. The lowest BCUT2D eigenvalue weighted by Gasteiger charge is -2.17. The molecule has 0 aromatic heterocycles. The van der Waals surface area contributed by atoms with Gasteiger partial charge in [0.15, 0.2) is 0 Å². The molecule has 1 aliphatic carbocycles. The second kappa shape index (κ2) is 6.73. The molecule has 27 heavy (non-hydrogen) atoms. The van der Waals surface area contributed by atoms with Crippen molar-refractivity contribution in [3.05, 3.63) is 47.0 Å². The van der Waals surface area contributed by atoms with Crippen molar-refractivity contribution in [2.75, 3.05) is 23.3 Å². The van der Waals surface area contributed by atoms with E-state index < -0.39 is 10.0 Å². The van der Waals surface area contributed by atoms with Crippen molar-refractivity contribution in [1.29, 1.82) is 0 Å². The van der Waals surface area contributed by atoms with Crippen LogP contribution in [0.15, 0.2) is 41.3 Å². The molecule has 1 fully saturated rings. The summed E-state index contributed by atoms with van der Waals surface area (Å²) in [5.74, 6) is 0.660. The fourth-order valence-corrected chi connectivity index (χ4v) is 4.57. The summed E-state index contributed by atoms with van der Waals surface area (Å²) in [4.78, 5) is 14.3. The van der Waals surface area contributed by atoms with Crippen molar-refractivity contribution in [2.45, 2.75) is 24.2 Å². The van der Waals surface area contributed by atoms with E-state index in [1.165, 1.54) is 19.2 Å². The van der Waals surface area contributed by atoms with Crippen LogP contribution in [0.4, 0.5) is 11.4 Å². The van der Waals surface area contributed by atoms with Gasteiger partial charge in [0.25, 0.3) is 10.0 Å². The minimum absolute atomic E-state index is 0.135. The molecular weight excluding hydrogens is 388 g/mol. The van der Waals surface area contributed by atoms with Gasteiger partial charge in [0.2, 0.25) is 5.91 Å². The summed E-state index contributed by atoms with van der Waals surface area (Å²) >= 11 is 5.97. The molecule has 1 saturated carbocycles. The van der Waals surface area contributed by atoms with Gasteiger partial charge in [0.1, 0.15) is 5.75 Å². The molecule has 4 rings (SSSR count). The average molecular weight is 407 g/mol. The number of nitrogens with zero attached hydrogens (tertiary/aromatic N) is 1. The van der Waals surface area contributed by atoms with Crippen molar-refractivity contribution in [1.82, 2.24) is 0 Å². The molecule has 2 aromatic carbocycles. The van der Waals surface area contributed by atoms with Crippen LogP contribution in [0.3, 0.4) is 0 Å². The first kappa shape index (κ1) is 18.1. The van der Waals surface area contributed by atoms with Crippen molar-refractivity contribution >= 4 is 38.9 Å². The molecule has 2 aliphatic rings. The zero-order valence-electron chi connectivity index (χ0n) is 14.7. The molecule has 0 bridgehead atoms. The predicted molar refractivity (Wildman–Crippen MR) is 104 cm³/mol.